The number of hydrogen-bond donors (Lipinski definition) is 1. The van der Waals surface area contributed by atoms with Gasteiger partial charge in [0, 0.05) is 34.8 Å². The van der Waals surface area contributed by atoms with Gasteiger partial charge in [-0.15, -0.1) is 0 Å². The van der Waals surface area contributed by atoms with Gasteiger partial charge >= 0.3 is 5.97 Å². The van der Waals surface area contributed by atoms with Crippen molar-refractivity contribution in [2.75, 3.05) is 13.2 Å². The summed E-state index contributed by atoms with van der Waals surface area (Å²) in [6, 6.07) is 16.4. The molecule has 0 spiro atoms. The molecule has 2 aromatic carbocycles. The molecule has 1 aromatic heterocycles. The Hall–Kier alpha value is -3.05. The number of aliphatic hydroxyl groups is 1. The lowest BCUT2D eigenvalue weighted by Gasteiger charge is -2.15. The van der Waals surface area contributed by atoms with Crippen molar-refractivity contribution >= 4 is 16.9 Å². The summed E-state index contributed by atoms with van der Waals surface area (Å²) in [7, 11) is 2.06. The maximum absolute atomic E-state index is 11.4. The molecular weight excluding hydrogens is 366 g/mol. The Bertz CT molecular complexity index is 1030. The number of nitrogens with zero attached hydrogens (tertiary/aromatic N) is 1. The maximum Gasteiger partial charge on any atom is 0.333 e. The first kappa shape index (κ1) is 20.7. The first-order valence-corrected chi connectivity index (χ1v) is 9.72. The summed E-state index contributed by atoms with van der Waals surface area (Å²) < 4.78 is 12.9. The van der Waals surface area contributed by atoms with E-state index in [1.807, 2.05) is 24.3 Å². The van der Waals surface area contributed by atoms with E-state index in [4.69, 9.17) is 9.47 Å². The molecule has 0 amide bonds. The van der Waals surface area contributed by atoms with Crippen molar-refractivity contribution in [1.82, 2.24) is 4.57 Å². The molecule has 0 radical (unpaired) electrons. The van der Waals surface area contributed by atoms with Gasteiger partial charge in [-0.05, 0) is 43.2 Å². The minimum absolute atomic E-state index is 0.0312. The van der Waals surface area contributed by atoms with Gasteiger partial charge in [-0.1, -0.05) is 37.8 Å². The van der Waals surface area contributed by atoms with Crippen molar-refractivity contribution in [3.05, 3.63) is 66.2 Å². The standard InChI is InChI=1S/C24H27NO4/c1-5-17-10-11-20(28-14-19(26)15-29-24(27)16(2)3)13-21(17)23-12-18-8-6-7-9-22(18)25(23)4/h6-13,19,26H,2,5,14-15H2,1,3-4H3. The van der Waals surface area contributed by atoms with Crippen LogP contribution in [0, 0.1) is 0 Å². The normalized spacial score (nSPS) is 12.0. The largest absolute Gasteiger partial charge is 0.491 e. The quantitative estimate of drug-likeness (QED) is 0.459. The predicted octanol–water partition coefficient (Wildman–Crippen LogP) is 4.27. The van der Waals surface area contributed by atoms with Gasteiger partial charge in [0.15, 0.2) is 0 Å². The fourth-order valence-electron chi connectivity index (χ4n) is 3.28. The van der Waals surface area contributed by atoms with Crippen LogP contribution in [0.4, 0.5) is 0 Å². The maximum atomic E-state index is 11.4. The van der Waals surface area contributed by atoms with Crippen molar-refractivity contribution in [3.63, 3.8) is 0 Å². The molecular formula is C24H27NO4. The number of esters is 1. The second kappa shape index (κ2) is 8.97. The minimum atomic E-state index is -0.912. The van der Waals surface area contributed by atoms with Crippen molar-refractivity contribution in [2.24, 2.45) is 7.05 Å². The van der Waals surface area contributed by atoms with E-state index >= 15 is 0 Å². The highest BCUT2D eigenvalue weighted by atomic mass is 16.5. The summed E-state index contributed by atoms with van der Waals surface area (Å²) in [6.45, 7) is 7.11. The van der Waals surface area contributed by atoms with E-state index < -0.39 is 12.1 Å². The van der Waals surface area contributed by atoms with Crippen LogP contribution in [0.15, 0.2) is 60.7 Å². The van der Waals surface area contributed by atoms with Gasteiger partial charge in [0.1, 0.15) is 25.1 Å². The molecule has 0 aliphatic carbocycles. The molecule has 0 saturated heterocycles. The molecule has 0 fully saturated rings. The fourth-order valence-corrected chi connectivity index (χ4v) is 3.28. The fraction of sp³-hybridized carbons (Fsp3) is 0.292. The number of carbonyl (C=O) groups is 1. The van der Waals surface area contributed by atoms with Crippen molar-refractivity contribution in [1.29, 1.82) is 0 Å². The van der Waals surface area contributed by atoms with Crippen LogP contribution in [0.1, 0.15) is 19.4 Å². The first-order chi connectivity index (χ1) is 13.9. The minimum Gasteiger partial charge on any atom is -0.491 e. The zero-order valence-corrected chi connectivity index (χ0v) is 17.1. The van der Waals surface area contributed by atoms with Gasteiger partial charge in [-0.2, -0.15) is 0 Å². The summed E-state index contributed by atoms with van der Waals surface area (Å²) in [6.07, 6.45) is -0.0124. The Balaban J connectivity index is 1.78. The Morgan fingerprint density at radius 3 is 2.62 bits per heavy atom. The van der Waals surface area contributed by atoms with Crippen LogP contribution in [0.25, 0.3) is 22.2 Å². The van der Waals surface area contributed by atoms with Gasteiger partial charge < -0.3 is 19.1 Å². The Kier molecular flexibility index (Phi) is 6.39. The third kappa shape index (κ3) is 4.69. The molecule has 3 aromatic rings. The molecule has 1 unspecified atom stereocenters. The number of ether oxygens (including phenoxy) is 2. The highest BCUT2D eigenvalue weighted by molar-refractivity contribution is 5.88. The second-order valence-corrected chi connectivity index (χ2v) is 7.16. The topological polar surface area (TPSA) is 60.7 Å². The number of aryl methyl sites for hydroxylation is 2. The lowest BCUT2D eigenvalue weighted by molar-refractivity contribution is -0.142. The van der Waals surface area contributed by atoms with E-state index in [2.05, 4.69) is 49.4 Å². The van der Waals surface area contributed by atoms with Gasteiger partial charge in [-0.25, -0.2) is 4.79 Å². The van der Waals surface area contributed by atoms with Crippen LogP contribution in [0.2, 0.25) is 0 Å². The average molecular weight is 393 g/mol. The number of carbonyl (C=O) groups excluding carboxylic acids is 1. The van der Waals surface area contributed by atoms with Crippen LogP contribution in [0.3, 0.4) is 0 Å². The average Bonchev–Trinajstić information content (AvgIpc) is 3.06. The summed E-state index contributed by atoms with van der Waals surface area (Å²) in [5.41, 5.74) is 4.91. The van der Waals surface area contributed by atoms with Crippen LogP contribution in [0.5, 0.6) is 5.75 Å². The molecule has 1 heterocycles. The van der Waals surface area contributed by atoms with Gasteiger partial charge in [0.05, 0.1) is 0 Å². The van der Waals surface area contributed by atoms with E-state index in [1.54, 1.807) is 6.92 Å². The van der Waals surface area contributed by atoms with Crippen molar-refractivity contribution in [2.45, 2.75) is 26.4 Å². The van der Waals surface area contributed by atoms with E-state index in [0.717, 1.165) is 17.7 Å². The molecule has 3 rings (SSSR count). The van der Waals surface area contributed by atoms with E-state index in [-0.39, 0.29) is 13.2 Å². The number of hydrogen-bond acceptors (Lipinski definition) is 4. The predicted molar refractivity (Wildman–Crippen MR) is 115 cm³/mol. The number of fused-ring (bicyclic) bond motifs is 1. The number of benzene rings is 2. The van der Waals surface area contributed by atoms with Crippen LogP contribution >= 0.6 is 0 Å². The molecule has 1 atom stereocenters. The second-order valence-electron chi connectivity index (χ2n) is 7.16. The number of rotatable bonds is 8. The molecule has 5 nitrogen and oxygen atoms in total. The van der Waals surface area contributed by atoms with E-state index in [9.17, 15) is 9.90 Å². The highest BCUT2D eigenvalue weighted by Crippen LogP contribution is 2.32. The molecule has 0 aliphatic heterocycles. The molecule has 1 N–H and O–H groups in total. The molecule has 0 saturated carbocycles. The molecule has 29 heavy (non-hydrogen) atoms. The number of para-hydroxylation sites is 1. The van der Waals surface area contributed by atoms with Gasteiger partial charge in [0.25, 0.3) is 0 Å². The Morgan fingerprint density at radius 1 is 1.17 bits per heavy atom. The smallest absolute Gasteiger partial charge is 0.333 e. The van der Waals surface area contributed by atoms with Crippen LogP contribution < -0.4 is 4.74 Å². The lowest BCUT2D eigenvalue weighted by atomic mass is 10.0. The summed E-state index contributed by atoms with van der Waals surface area (Å²) in [5, 5.41) is 11.2. The zero-order valence-electron chi connectivity index (χ0n) is 17.1. The summed E-state index contributed by atoms with van der Waals surface area (Å²) >= 11 is 0. The SMILES string of the molecule is C=C(C)C(=O)OCC(O)COc1ccc(CC)c(-c2cc3ccccc3n2C)c1. The molecule has 152 valence electrons. The monoisotopic (exact) mass is 393 g/mol. The van der Waals surface area contributed by atoms with Gasteiger partial charge in [-0.3, -0.25) is 0 Å². The van der Waals surface area contributed by atoms with Crippen LogP contribution in [-0.2, 0) is 23.0 Å². The molecule has 0 aliphatic rings. The number of aliphatic hydroxyl groups excluding tert-OH is 1. The summed E-state index contributed by atoms with van der Waals surface area (Å²) in [4.78, 5) is 11.4. The molecule has 5 heteroatoms. The third-order valence-electron chi connectivity index (χ3n) is 4.89. The van der Waals surface area contributed by atoms with E-state index in [1.165, 1.54) is 16.5 Å². The number of aromatic nitrogens is 1. The highest BCUT2D eigenvalue weighted by Gasteiger charge is 2.14. The van der Waals surface area contributed by atoms with Crippen molar-refractivity contribution < 1.29 is 19.4 Å². The summed E-state index contributed by atoms with van der Waals surface area (Å²) in [5.74, 6) is 0.141. The lowest BCUT2D eigenvalue weighted by Crippen LogP contribution is -2.25. The Morgan fingerprint density at radius 2 is 1.93 bits per heavy atom. The van der Waals surface area contributed by atoms with Crippen molar-refractivity contribution in [3.8, 4) is 17.0 Å². The first-order valence-electron chi connectivity index (χ1n) is 9.72. The van der Waals surface area contributed by atoms with Crippen LogP contribution in [-0.4, -0.2) is 35.0 Å². The zero-order chi connectivity index (χ0) is 21.0. The molecule has 0 bridgehead atoms. The van der Waals surface area contributed by atoms with E-state index in [0.29, 0.717) is 11.3 Å². The Labute approximate surface area is 171 Å². The van der Waals surface area contributed by atoms with Gasteiger partial charge in [0.2, 0.25) is 0 Å². The third-order valence-corrected chi connectivity index (χ3v) is 4.89.